The zero-order valence-corrected chi connectivity index (χ0v) is 14.1. The first kappa shape index (κ1) is 17.1. The Labute approximate surface area is 139 Å². The van der Waals surface area contributed by atoms with Crippen molar-refractivity contribution < 1.29 is 9.53 Å². The van der Waals surface area contributed by atoms with Crippen LogP contribution in [0.5, 0.6) is 5.75 Å². The Hall–Kier alpha value is -2.22. The first-order chi connectivity index (χ1) is 11.2. The summed E-state index contributed by atoms with van der Waals surface area (Å²) < 4.78 is 6.52. The molecule has 0 saturated carbocycles. The van der Waals surface area contributed by atoms with Gasteiger partial charge in [0.25, 0.3) is 0 Å². The van der Waals surface area contributed by atoms with Gasteiger partial charge in [-0.05, 0) is 30.7 Å². The number of ether oxygens (including phenoxy) is 1. The third-order valence-corrected chi connectivity index (χ3v) is 4.14. The zero-order valence-electron chi connectivity index (χ0n) is 13.3. The molecule has 1 heterocycles. The number of unbranched alkanes of at least 4 members (excludes halogenated alkanes) is 1. The largest absolute Gasteiger partial charge is 0.497 e. The van der Waals surface area contributed by atoms with Gasteiger partial charge in [-0.3, -0.25) is 4.79 Å². The molecule has 0 atom stereocenters. The van der Waals surface area contributed by atoms with Crippen LogP contribution in [0, 0.1) is 0 Å². The summed E-state index contributed by atoms with van der Waals surface area (Å²) >= 11 is 1.26. The van der Waals surface area contributed by atoms with Gasteiger partial charge in [0.15, 0.2) is 5.82 Å². The van der Waals surface area contributed by atoms with Gasteiger partial charge >= 0.3 is 0 Å². The smallest absolute Gasteiger partial charge is 0.230 e. The molecular weight excluding hydrogens is 314 g/mol. The number of hydrogen-bond donors (Lipinski definition) is 2. The average molecular weight is 335 g/mol. The lowest BCUT2D eigenvalue weighted by Crippen LogP contribution is -2.26. The lowest BCUT2D eigenvalue weighted by molar-refractivity contribution is -0.118. The number of nitrogens with two attached hydrogens (primary N) is 1. The Morgan fingerprint density at radius 3 is 2.74 bits per heavy atom. The molecule has 0 unspecified atom stereocenters. The number of nitrogens with zero attached hydrogens (tertiary/aromatic N) is 3. The Balaban J connectivity index is 1.97. The van der Waals surface area contributed by atoms with Crippen LogP contribution in [0.15, 0.2) is 29.4 Å². The van der Waals surface area contributed by atoms with Crippen LogP contribution >= 0.6 is 11.8 Å². The number of nitrogens with one attached hydrogen (secondary N) is 1. The summed E-state index contributed by atoms with van der Waals surface area (Å²) in [6.45, 7) is 2.78. The van der Waals surface area contributed by atoms with Crippen LogP contribution in [0.1, 0.15) is 19.8 Å². The van der Waals surface area contributed by atoms with Crippen LogP contribution in [0.2, 0.25) is 0 Å². The lowest BCUT2D eigenvalue weighted by atomic mass is 10.2. The van der Waals surface area contributed by atoms with E-state index in [1.54, 1.807) is 7.11 Å². The van der Waals surface area contributed by atoms with Crippen molar-refractivity contribution in [2.75, 3.05) is 25.3 Å². The zero-order chi connectivity index (χ0) is 16.7. The first-order valence-electron chi connectivity index (χ1n) is 7.40. The van der Waals surface area contributed by atoms with Gasteiger partial charge in [0.05, 0.1) is 12.9 Å². The Morgan fingerprint density at radius 1 is 1.35 bits per heavy atom. The second-order valence-electron chi connectivity index (χ2n) is 4.90. The summed E-state index contributed by atoms with van der Waals surface area (Å²) in [5, 5.41) is 11.5. The molecule has 0 fully saturated rings. The maximum absolute atomic E-state index is 11.7. The molecule has 7 nitrogen and oxygen atoms in total. The van der Waals surface area contributed by atoms with Crippen molar-refractivity contribution in [3.8, 4) is 17.1 Å². The van der Waals surface area contributed by atoms with Gasteiger partial charge in [0.2, 0.25) is 11.1 Å². The molecule has 0 radical (unpaired) electrons. The van der Waals surface area contributed by atoms with Crippen molar-refractivity contribution >= 4 is 17.7 Å². The van der Waals surface area contributed by atoms with Gasteiger partial charge in [0.1, 0.15) is 5.75 Å². The van der Waals surface area contributed by atoms with E-state index in [0.29, 0.717) is 17.5 Å². The molecule has 1 aromatic heterocycles. The van der Waals surface area contributed by atoms with Gasteiger partial charge in [-0.2, -0.15) is 0 Å². The van der Waals surface area contributed by atoms with Crippen molar-refractivity contribution in [2.24, 2.45) is 0 Å². The summed E-state index contributed by atoms with van der Waals surface area (Å²) in [5.74, 6) is 7.56. The predicted octanol–water partition coefficient (Wildman–Crippen LogP) is 1.68. The molecule has 0 aliphatic carbocycles. The summed E-state index contributed by atoms with van der Waals surface area (Å²) in [6.07, 6.45) is 2.03. The number of aromatic nitrogens is 3. The summed E-state index contributed by atoms with van der Waals surface area (Å²) in [5.41, 5.74) is 0.833. The normalized spacial score (nSPS) is 10.5. The van der Waals surface area contributed by atoms with Crippen LogP contribution in [0.3, 0.4) is 0 Å². The summed E-state index contributed by atoms with van der Waals surface area (Å²) in [7, 11) is 1.61. The third kappa shape index (κ3) is 4.62. The van der Waals surface area contributed by atoms with Crippen LogP contribution in [0.25, 0.3) is 11.4 Å². The Morgan fingerprint density at radius 2 is 2.09 bits per heavy atom. The van der Waals surface area contributed by atoms with E-state index < -0.39 is 0 Å². The molecule has 0 saturated heterocycles. The van der Waals surface area contributed by atoms with Crippen molar-refractivity contribution in [3.05, 3.63) is 24.3 Å². The molecular formula is C15H21N5O2S. The Kier molecular flexibility index (Phi) is 6.28. The number of methoxy groups -OCH3 is 1. The minimum atomic E-state index is -0.0301. The van der Waals surface area contributed by atoms with Gasteiger partial charge in [-0.15, -0.1) is 10.2 Å². The van der Waals surface area contributed by atoms with Crippen LogP contribution in [-0.4, -0.2) is 40.2 Å². The average Bonchev–Trinajstić information content (AvgIpc) is 2.94. The number of rotatable bonds is 8. The molecule has 2 aromatic rings. The van der Waals surface area contributed by atoms with E-state index in [1.165, 1.54) is 16.4 Å². The number of benzene rings is 1. The van der Waals surface area contributed by atoms with E-state index in [9.17, 15) is 4.79 Å². The second-order valence-corrected chi connectivity index (χ2v) is 5.84. The van der Waals surface area contributed by atoms with E-state index in [1.807, 2.05) is 24.3 Å². The van der Waals surface area contributed by atoms with Gasteiger partial charge in [-0.25, -0.2) is 4.68 Å². The maximum Gasteiger partial charge on any atom is 0.230 e. The number of nitrogen functional groups attached to an aromatic ring is 1. The highest BCUT2D eigenvalue weighted by Gasteiger charge is 2.13. The quantitative estimate of drug-likeness (QED) is 0.433. The third-order valence-electron chi connectivity index (χ3n) is 3.20. The van der Waals surface area contributed by atoms with Crippen molar-refractivity contribution in [1.82, 2.24) is 20.2 Å². The van der Waals surface area contributed by atoms with E-state index in [4.69, 9.17) is 10.6 Å². The molecule has 23 heavy (non-hydrogen) atoms. The van der Waals surface area contributed by atoms with E-state index >= 15 is 0 Å². The van der Waals surface area contributed by atoms with Gasteiger partial charge in [-0.1, -0.05) is 25.1 Å². The van der Waals surface area contributed by atoms with Crippen molar-refractivity contribution in [3.63, 3.8) is 0 Å². The first-order valence-corrected chi connectivity index (χ1v) is 8.38. The molecule has 1 aromatic carbocycles. The Bertz CT molecular complexity index is 642. The fraction of sp³-hybridized carbons (Fsp3) is 0.400. The minimum Gasteiger partial charge on any atom is -0.497 e. The summed E-state index contributed by atoms with van der Waals surface area (Å²) in [6, 6.07) is 7.38. The fourth-order valence-corrected chi connectivity index (χ4v) is 2.58. The van der Waals surface area contributed by atoms with E-state index in [-0.39, 0.29) is 11.7 Å². The van der Waals surface area contributed by atoms with E-state index in [2.05, 4.69) is 22.4 Å². The monoisotopic (exact) mass is 335 g/mol. The molecule has 8 heteroatoms. The number of carbonyl (C=O) groups is 1. The van der Waals surface area contributed by atoms with Crippen LogP contribution in [0.4, 0.5) is 0 Å². The topological polar surface area (TPSA) is 95.1 Å². The standard InChI is InChI=1S/C15H21N5O2S/c1-3-4-9-17-13(21)10-23-15-19-18-14(20(15)16)11-5-7-12(22-2)8-6-11/h5-8H,3-4,9-10,16H2,1-2H3,(H,17,21). The molecule has 0 aliphatic heterocycles. The maximum atomic E-state index is 11.7. The number of thioether (sulfide) groups is 1. The molecule has 0 bridgehead atoms. The summed E-state index contributed by atoms with van der Waals surface area (Å²) in [4.78, 5) is 11.7. The molecule has 1 amide bonds. The highest BCUT2D eigenvalue weighted by molar-refractivity contribution is 7.99. The van der Waals surface area contributed by atoms with Crippen molar-refractivity contribution in [1.29, 1.82) is 0 Å². The second kappa shape index (κ2) is 8.42. The molecule has 0 spiro atoms. The van der Waals surface area contributed by atoms with Crippen LogP contribution < -0.4 is 15.9 Å². The van der Waals surface area contributed by atoms with Gasteiger partial charge in [0, 0.05) is 12.1 Å². The fourth-order valence-electron chi connectivity index (χ4n) is 1.90. The lowest BCUT2D eigenvalue weighted by Gasteiger charge is -2.05. The highest BCUT2D eigenvalue weighted by Crippen LogP contribution is 2.23. The number of amides is 1. The van der Waals surface area contributed by atoms with E-state index in [0.717, 1.165) is 24.2 Å². The minimum absolute atomic E-state index is 0.0301. The highest BCUT2D eigenvalue weighted by atomic mass is 32.2. The number of carbonyl (C=O) groups excluding carboxylic acids is 1. The molecule has 2 rings (SSSR count). The molecule has 124 valence electrons. The van der Waals surface area contributed by atoms with Gasteiger partial charge < -0.3 is 15.9 Å². The SMILES string of the molecule is CCCCNC(=O)CSc1nnc(-c2ccc(OC)cc2)n1N. The predicted molar refractivity (Wildman–Crippen MR) is 90.8 cm³/mol. The molecule has 3 N–H and O–H groups in total. The molecule has 0 aliphatic rings. The van der Waals surface area contributed by atoms with Crippen LogP contribution in [-0.2, 0) is 4.79 Å². The van der Waals surface area contributed by atoms with Crippen molar-refractivity contribution in [2.45, 2.75) is 24.9 Å². The number of hydrogen-bond acceptors (Lipinski definition) is 6.